The Hall–Kier alpha value is -3.40. The molecule has 0 radical (unpaired) electrons. The second-order valence-electron chi connectivity index (χ2n) is 9.13. The van der Waals surface area contributed by atoms with E-state index in [0.717, 1.165) is 62.5 Å². The minimum Gasteiger partial charge on any atom is -0.494 e. The molecule has 172 valence electrons. The first-order chi connectivity index (χ1) is 16.0. The molecule has 1 aliphatic carbocycles. The molecule has 0 bridgehead atoms. The number of methoxy groups -OCH3 is 1. The number of fused-ring (bicyclic) bond motifs is 4. The van der Waals surface area contributed by atoms with Crippen molar-refractivity contribution in [3.63, 3.8) is 0 Å². The summed E-state index contributed by atoms with van der Waals surface area (Å²) in [4.78, 5) is 23.9. The van der Waals surface area contributed by atoms with Crippen molar-refractivity contribution in [2.45, 2.75) is 38.5 Å². The van der Waals surface area contributed by atoms with E-state index in [0.29, 0.717) is 17.0 Å². The molecule has 10 heteroatoms. The van der Waals surface area contributed by atoms with E-state index in [-0.39, 0.29) is 23.5 Å². The van der Waals surface area contributed by atoms with Crippen LogP contribution in [-0.2, 0) is 13.1 Å². The Labute approximate surface area is 191 Å². The number of nitrogens with zero attached hydrogens (tertiary/aromatic N) is 6. The Kier molecular flexibility index (Phi) is 4.65. The number of nitrogens with one attached hydrogen (secondary N) is 2. The fraction of sp³-hybridized carbons (Fsp3) is 0.478. The summed E-state index contributed by atoms with van der Waals surface area (Å²) in [6, 6.07) is 5.82. The van der Waals surface area contributed by atoms with E-state index < -0.39 is 0 Å². The van der Waals surface area contributed by atoms with Crippen molar-refractivity contribution in [3.05, 3.63) is 41.5 Å². The van der Waals surface area contributed by atoms with Gasteiger partial charge in [0.2, 0.25) is 5.62 Å². The van der Waals surface area contributed by atoms with Gasteiger partial charge in [0, 0.05) is 50.6 Å². The summed E-state index contributed by atoms with van der Waals surface area (Å²) in [5.74, 6) is 2.92. The van der Waals surface area contributed by atoms with Crippen molar-refractivity contribution in [3.8, 4) is 5.75 Å². The largest absolute Gasteiger partial charge is 0.494 e. The molecule has 1 aromatic carbocycles. The first kappa shape index (κ1) is 20.2. The first-order valence-electron chi connectivity index (χ1n) is 11.5. The second-order valence-corrected chi connectivity index (χ2v) is 9.13. The summed E-state index contributed by atoms with van der Waals surface area (Å²) < 4.78 is 9.41. The van der Waals surface area contributed by atoms with Gasteiger partial charge in [0.05, 0.1) is 13.7 Å². The Morgan fingerprint density at radius 1 is 1.27 bits per heavy atom. The molecule has 2 N–H and O–H groups in total. The fourth-order valence-electron chi connectivity index (χ4n) is 4.93. The third-order valence-electron chi connectivity index (χ3n) is 6.97. The number of ketones is 1. The third kappa shape index (κ3) is 3.36. The fourth-order valence-corrected chi connectivity index (χ4v) is 4.93. The number of carbonyl (C=O) groups excluding carboxylic acids is 1. The summed E-state index contributed by atoms with van der Waals surface area (Å²) in [6.45, 7) is 3.42. The molecule has 2 aliphatic heterocycles. The van der Waals surface area contributed by atoms with E-state index in [9.17, 15) is 4.79 Å². The van der Waals surface area contributed by atoms with E-state index in [2.05, 4.69) is 24.8 Å². The van der Waals surface area contributed by atoms with Crippen molar-refractivity contribution in [1.82, 2.24) is 24.1 Å². The quantitative estimate of drug-likeness (QED) is 0.551. The van der Waals surface area contributed by atoms with Crippen LogP contribution in [0.2, 0.25) is 0 Å². The molecule has 0 spiro atoms. The number of imidazole rings is 1. The Bertz CT molecular complexity index is 1310. The molecule has 1 saturated carbocycles. The number of carbonyl (C=O) groups is 1. The first-order valence-corrected chi connectivity index (χ1v) is 11.5. The molecule has 1 unspecified atom stereocenters. The van der Waals surface area contributed by atoms with Crippen LogP contribution < -0.4 is 20.7 Å². The number of hydrogen-bond acceptors (Lipinski definition) is 8. The van der Waals surface area contributed by atoms with Crippen LogP contribution in [0, 0.1) is 11.3 Å². The van der Waals surface area contributed by atoms with E-state index in [1.165, 1.54) is 0 Å². The molecule has 10 nitrogen and oxygen atoms in total. The van der Waals surface area contributed by atoms with Gasteiger partial charge in [-0.05, 0) is 25.0 Å². The lowest BCUT2D eigenvalue weighted by atomic mass is 10.2. The van der Waals surface area contributed by atoms with Crippen molar-refractivity contribution < 1.29 is 9.53 Å². The monoisotopic (exact) mass is 448 g/mol. The lowest BCUT2D eigenvalue weighted by Crippen LogP contribution is -2.45. The zero-order valence-electron chi connectivity index (χ0n) is 18.9. The number of para-hydroxylation sites is 1. The summed E-state index contributed by atoms with van der Waals surface area (Å²) in [6.07, 6.45) is 4.87. The molecule has 2 aromatic heterocycles. The molecule has 3 aromatic rings. The van der Waals surface area contributed by atoms with Gasteiger partial charge in [-0.2, -0.15) is 0 Å². The molecule has 1 fully saturated rings. The molecule has 6 rings (SSSR count). The summed E-state index contributed by atoms with van der Waals surface area (Å²) in [7, 11) is 3.61. The second kappa shape index (κ2) is 7.58. The van der Waals surface area contributed by atoms with Crippen LogP contribution in [0.1, 0.15) is 35.6 Å². The lowest BCUT2D eigenvalue weighted by Gasteiger charge is -2.29. The molecule has 0 saturated heterocycles. The average molecular weight is 449 g/mol. The Morgan fingerprint density at radius 3 is 2.91 bits per heavy atom. The molecule has 0 amide bonds. The van der Waals surface area contributed by atoms with E-state index >= 15 is 0 Å². The van der Waals surface area contributed by atoms with Crippen molar-refractivity contribution >= 4 is 22.5 Å². The summed E-state index contributed by atoms with van der Waals surface area (Å²) >= 11 is 0. The van der Waals surface area contributed by atoms with Crippen molar-refractivity contribution in [2.24, 2.45) is 5.92 Å². The minimum atomic E-state index is 0.0429. The van der Waals surface area contributed by atoms with E-state index in [4.69, 9.17) is 10.1 Å². The molecule has 33 heavy (non-hydrogen) atoms. The SMILES string of the molecule is COc1cccc2c3n(c(=N)nc12)N(C)C(CCN1CCn2cc(C(=O)C4CC4)nc2C1)N3. The number of rotatable bonds is 6. The van der Waals surface area contributed by atoms with Gasteiger partial charge < -0.3 is 14.6 Å². The number of benzene rings is 1. The van der Waals surface area contributed by atoms with Gasteiger partial charge in [-0.15, -0.1) is 0 Å². The van der Waals surface area contributed by atoms with Crippen molar-refractivity contribution in [1.29, 1.82) is 5.41 Å². The highest BCUT2D eigenvalue weighted by Gasteiger charge is 2.33. The number of Topliss-reactive ketones (excluding diaryl/α,β-unsaturated/α-hetero) is 1. The van der Waals surface area contributed by atoms with Crippen LogP contribution in [0.5, 0.6) is 5.75 Å². The molecular weight excluding hydrogens is 420 g/mol. The molecular formula is C23H28N8O2. The lowest BCUT2D eigenvalue weighted by molar-refractivity contribution is 0.0963. The van der Waals surface area contributed by atoms with Gasteiger partial charge in [0.1, 0.15) is 34.8 Å². The standard InChI is InChI=1S/C23H28N8O2/c1-28-18(26-22-15-4-3-5-17(33-2)20(15)27-23(24)31(22)28)8-9-29-10-11-30-12-16(25-19(30)13-29)21(32)14-6-7-14/h3-5,12,14,18,24,26H,6-11,13H2,1-2H3. The predicted octanol–water partition coefficient (Wildman–Crippen LogP) is 1.54. The maximum absolute atomic E-state index is 12.4. The highest BCUT2D eigenvalue weighted by Crippen LogP contribution is 2.33. The van der Waals surface area contributed by atoms with Gasteiger partial charge in [-0.25, -0.2) is 14.6 Å². The van der Waals surface area contributed by atoms with Gasteiger partial charge in [0.25, 0.3) is 0 Å². The zero-order chi connectivity index (χ0) is 22.7. The van der Waals surface area contributed by atoms with Crippen LogP contribution >= 0.6 is 0 Å². The zero-order valence-corrected chi connectivity index (χ0v) is 18.9. The van der Waals surface area contributed by atoms with Crippen molar-refractivity contribution in [2.75, 3.05) is 37.6 Å². The molecule has 3 aliphatic rings. The van der Waals surface area contributed by atoms with Crippen LogP contribution in [0.3, 0.4) is 0 Å². The number of ether oxygens (including phenoxy) is 1. The van der Waals surface area contributed by atoms with Gasteiger partial charge in [-0.1, -0.05) is 6.07 Å². The van der Waals surface area contributed by atoms with Crippen LogP contribution in [0.4, 0.5) is 5.82 Å². The normalized spacial score (nSPS) is 19.9. The average Bonchev–Trinajstić information content (AvgIpc) is 3.49. The smallest absolute Gasteiger partial charge is 0.243 e. The summed E-state index contributed by atoms with van der Waals surface area (Å²) in [5, 5.41) is 15.0. The van der Waals surface area contributed by atoms with Gasteiger partial charge in [-0.3, -0.25) is 20.1 Å². The predicted molar refractivity (Wildman–Crippen MR) is 123 cm³/mol. The Morgan fingerprint density at radius 2 is 2.12 bits per heavy atom. The third-order valence-corrected chi connectivity index (χ3v) is 6.97. The Balaban J connectivity index is 1.17. The topological polar surface area (TPSA) is 104 Å². The summed E-state index contributed by atoms with van der Waals surface area (Å²) in [5.41, 5.74) is 1.50. The maximum Gasteiger partial charge on any atom is 0.243 e. The highest BCUT2D eigenvalue weighted by molar-refractivity contribution is 5.97. The number of hydrogen-bond donors (Lipinski definition) is 2. The van der Waals surface area contributed by atoms with E-state index in [1.54, 1.807) is 7.11 Å². The van der Waals surface area contributed by atoms with Gasteiger partial charge >= 0.3 is 0 Å². The van der Waals surface area contributed by atoms with Crippen LogP contribution in [0.15, 0.2) is 24.4 Å². The van der Waals surface area contributed by atoms with Gasteiger partial charge in [0.15, 0.2) is 5.78 Å². The molecule has 1 atom stereocenters. The number of anilines is 1. The highest BCUT2D eigenvalue weighted by atomic mass is 16.5. The minimum absolute atomic E-state index is 0.0429. The molecule has 4 heterocycles. The number of aromatic nitrogens is 4. The maximum atomic E-state index is 12.4. The van der Waals surface area contributed by atoms with Crippen LogP contribution in [0.25, 0.3) is 10.9 Å². The van der Waals surface area contributed by atoms with E-state index in [1.807, 2.05) is 41.1 Å². The van der Waals surface area contributed by atoms with Crippen LogP contribution in [-0.4, -0.2) is 63.3 Å².